The Morgan fingerprint density at radius 2 is 1.95 bits per heavy atom. The highest BCUT2D eigenvalue weighted by molar-refractivity contribution is 5.82. The van der Waals surface area contributed by atoms with Crippen molar-refractivity contribution < 1.29 is 28.8 Å². The minimum atomic E-state index is -0.998. The molecule has 0 aromatic heterocycles. The first-order valence-electron chi connectivity index (χ1n) is 6.54. The molecule has 1 N–H and O–H groups in total. The van der Waals surface area contributed by atoms with Crippen LogP contribution < -0.4 is 0 Å². The van der Waals surface area contributed by atoms with Gasteiger partial charge >= 0.3 is 0 Å². The summed E-state index contributed by atoms with van der Waals surface area (Å²) < 4.78 is 21.8. The van der Waals surface area contributed by atoms with Crippen LogP contribution in [0.4, 0.5) is 0 Å². The molecule has 7 nitrogen and oxygen atoms in total. The highest BCUT2D eigenvalue weighted by Crippen LogP contribution is 2.37. The third kappa shape index (κ3) is 2.36. The summed E-state index contributed by atoms with van der Waals surface area (Å²) in [6.45, 7) is 5.57. The number of ether oxygens (including phenoxy) is 4. The molecule has 3 fully saturated rings. The Morgan fingerprint density at radius 3 is 2.58 bits per heavy atom. The molecule has 108 valence electrons. The van der Waals surface area contributed by atoms with Gasteiger partial charge in [-0.05, 0) is 13.8 Å². The van der Waals surface area contributed by atoms with Gasteiger partial charge in [0.1, 0.15) is 12.2 Å². The Labute approximate surface area is 111 Å². The molecule has 0 aromatic carbocycles. The predicted molar refractivity (Wildman–Crippen MR) is 62.1 cm³/mol. The monoisotopic (exact) mass is 273 g/mol. The molecule has 3 heterocycles. The molecule has 3 saturated heterocycles. The third-order valence-corrected chi connectivity index (χ3v) is 3.58. The number of nitrogens with zero attached hydrogens (tertiary/aromatic N) is 1. The van der Waals surface area contributed by atoms with Gasteiger partial charge in [-0.25, -0.2) is 0 Å². The van der Waals surface area contributed by atoms with Gasteiger partial charge in [0.2, 0.25) is 0 Å². The summed E-state index contributed by atoms with van der Waals surface area (Å²) in [6, 6.07) is 0. The van der Waals surface area contributed by atoms with Gasteiger partial charge < -0.3 is 29.0 Å². The molecule has 0 aromatic rings. The zero-order valence-corrected chi connectivity index (χ0v) is 11.1. The first-order chi connectivity index (χ1) is 8.98. The van der Waals surface area contributed by atoms with Crippen LogP contribution in [0.1, 0.15) is 13.8 Å². The van der Waals surface area contributed by atoms with Crippen LogP contribution >= 0.6 is 0 Å². The summed E-state index contributed by atoms with van der Waals surface area (Å²) in [5, 5.41) is 10.2. The quantitative estimate of drug-likeness (QED) is 0.666. The van der Waals surface area contributed by atoms with Gasteiger partial charge in [-0.2, -0.15) is 0 Å². The highest BCUT2D eigenvalue weighted by atomic mass is 16.8. The van der Waals surface area contributed by atoms with E-state index in [1.165, 1.54) is 0 Å². The minimum absolute atomic E-state index is 0.227. The van der Waals surface area contributed by atoms with Gasteiger partial charge in [0.15, 0.2) is 18.2 Å². The number of carbonyl (C=O) groups excluding carboxylic acids is 1. The molecule has 3 rings (SSSR count). The second-order valence-electron chi connectivity index (χ2n) is 5.45. The van der Waals surface area contributed by atoms with Crippen LogP contribution in [-0.2, 0) is 23.7 Å². The van der Waals surface area contributed by atoms with Crippen molar-refractivity contribution in [3.63, 3.8) is 0 Å². The maximum absolute atomic E-state index is 12.3. The van der Waals surface area contributed by atoms with E-state index in [1.807, 2.05) is 0 Å². The van der Waals surface area contributed by atoms with E-state index in [1.54, 1.807) is 18.7 Å². The summed E-state index contributed by atoms with van der Waals surface area (Å²) in [5.41, 5.74) is 0. The zero-order valence-electron chi connectivity index (χ0n) is 11.1. The van der Waals surface area contributed by atoms with Crippen LogP contribution in [0, 0.1) is 0 Å². The van der Waals surface area contributed by atoms with Crippen molar-refractivity contribution in [2.75, 3.05) is 26.3 Å². The largest absolute Gasteiger partial charge is 0.387 e. The molecule has 0 saturated carbocycles. The molecular weight excluding hydrogens is 254 g/mol. The fourth-order valence-electron chi connectivity index (χ4n) is 2.66. The average Bonchev–Trinajstić information content (AvgIpc) is 2.84. The smallest absolute Gasteiger partial charge is 0.254 e. The normalized spacial score (nSPS) is 41.3. The van der Waals surface area contributed by atoms with Crippen molar-refractivity contribution in [2.45, 2.75) is 44.2 Å². The number of hydrogen-bond acceptors (Lipinski definition) is 6. The molecule has 0 radical (unpaired) electrons. The fraction of sp³-hybridized carbons (Fsp3) is 0.917. The SMILES string of the molecule is CC1(C)O[C@@H]2OC(C(=O)N3CCOCC3)[C@@H](O)[C@@H]2O1. The van der Waals surface area contributed by atoms with Gasteiger partial charge in [0.25, 0.3) is 5.91 Å². The van der Waals surface area contributed by atoms with Crippen molar-refractivity contribution in [2.24, 2.45) is 0 Å². The number of morpholine rings is 1. The van der Waals surface area contributed by atoms with E-state index in [9.17, 15) is 9.90 Å². The minimum Gasteiger partial charge on any atom is -0.387 e. The van der Waals surface area contributed by atoms with E-state index in [0.29, 0.717) is 26.3 Å². The van der Waals surface area contributed by atoms with Gasteiger partial charge in [-0.3, -0.25) is 4.79 Å². The molecule has 1 unspecified atom stereocenters. The van der Waals surface area contributed by atoms with Crippen LogP contribution in [0.25, 0.3) is 0 Å². The number of carbonyl (C=O) groups is 1. The lowest BCUT2D eigenvalue weighted by atomic mass is 10.1. The molecule has 4 atom stereocenters. The topological polar surface area (TPSA) is 77.5 Å². The number of aliphatic hydroxyl groups is 1. The Hall–Kier alpha value is -0.730. The molecule has 3 aliphatic rings. The van der Waals surface area contributed by atoms with Crippen molar-refractivity contribution >= 4 is 5.91 Å². The Kier molecular flexibility index (Phi) is 3.26. The lowest BCUT2D eigenvalue weighted by Crippen LogP contribution is -2.50. The maximum atomic E-state index is 12.3. The van der Waals surface area contributed by atoms with Crippen molar-refractivity contribution in [1.82, 2.24) is 4.90 Å². The first-order valence-corrected chi connectivity index (χ1v) is 6.54. The average molecular weight is 273 g/mol. The van der Waals surface area contributed by atoms with Gasteiger partial charge in [0, 0.05) is 13.1 Å². The second-order valence-corrected chi connectivity index (χ2v) is 5.45. The number of hydrogen-bond donors (Lipinski definition) is 1. The van der Waals surface area contributed by atoms with Crippen molar-refractivity contribution in [1.29, 1.82) is 0 Å². The molecule has 19 heavy (non-hydrogen) atoms. The fourth-order valence-corrected chi connectivity index (χ4v) is 2.66. The summed E-state index contributed by atoms with van der Waals surface area (Å²) in [6.07, 6.45) is -3.20. The maximum Gasteiger partial charge on any atom is 0.254 e. The van der Waals surface area contributed by atoms with Crippen LogP contribution in [0.15, 0.2) is 0 Å². The van der Waals surface area contributed by atoms with E-state index < -0.39 is 30.4 Å². The van der Waals surface area contributed by atoms with Gasteiger partial charge in [-0.15, -0.1) is 0 Å². The van der Waals surface area contributed by atoms with E-state index in [4.69, 9.17) is 18.9 Å². The molecule has 0 spiro atoms. The summed E-state index contributed by atoms with van der Waals surface area (Å²) in [7, 11) is 0. The first kappa shape index (κ1) is 13.3. The lowest BCUT2D eigenvalue weighted by Gasteiger charge is -2.30. The Morgan fingerprint density at radius 1 is 1.26 bits per heavy atom. The van der Waals surface area contributed by atoms with Crippen molar-refractivity contribution in [3.8, 4) is 0 Å². The van der Waals surface area contributed by atoms with E-state index in [0.717, 1.165) is 0 Å². The van der Waals surface area contributed by atoms with Crippen molar-refractivity contribution in [3.05, 3.63) is 0 Å². The van der Waals surface area contributed by atoms with E-state index in [2.05, 4.69) is 0 Å². The molecule has 3 aliphatic heterocycles. The highest BCUT2D eigenvalue weighted by Gasteiger charge is 2.56. The standard InChI is InChI=1S/C12H19NO6/c1-12(2)18-9-7(14)8(17-11(9)19-12)10(15)13-3-5-16-6-4-13/h7-9,11,14H,3-6H2,1-2H3/t7-,8?,9+,11+/m1/s1. The molecule has 7 heteroatoms. The van der Waals surface area contributed by atoms with E-state index >= 15 is 0 Å². The number of rotatable bonds is 1. The molecule has 0 aliphatic carbocycles. The predicted octanol–water partition coefficient (Wildman–Crippen LogP) is -0.917. The van der Waals surface area contributed by atoms with Crippen LogP contribution in [0.3, 0.4) is 0 Å². The number of amides is 1. The van der Waals surface area contributed by atoms with Crippen LogP contribution in [0.2, 0.25) is 0 Å². The number of aliphatic hydroxyl groups excluding tert-OH is 1. The summed E-state index contributed by atoms with van der Waals surface area (Å²) in [4.78, 5) is 13.9. The van der Waals surface area contributed by atoms with Crippen LogP contribution in [0.5, 0.6) is 0 Å². The molecule has 0 bridgehead atoms. The Balaban J connectivity index is 1.66. The Bertz CT molecular complexity index is 367. The van der Waals surface area contributed by atoms with Crippen LogP contribution in [-0.4, -0.2) is 72.6 Å². The summed E-state index contributed by atoms with van der Waals surface area (Å²) in [5.74, 6) is -1.02. The van der Waals surface area contributed by atoms with Gasteiger partial charge in [0.05, 0.1) is 13.2 Å². The molecule has 1 amide bonds. The van der Waals surface area contributed by atoms with Gasteiger partial charge in [-0.1, -0.05) is 0 Å². The summed E-state index contributed by atoms with van der Waals surface area (Å²) >= 11 is 0. The van der Waals surface area contributed by atoms with E-state index in [-0.39, 0.29) is 5.91 Å². The third-order valence-electron chi connectivity index (χ3n) is 3.58. The molecular formula is C12H19NO6. The lowest BCUT2D eigenvalue weighted by molar-refractivity contribution is -0.217. The second kappa shape index (κ2) is 4.68. The zero-order chi connectivity index (χ0) is 13.6. The number of fused-ring (bicyclic) bond motifs is 1.